The van der Waals surface area contributed by atoms with Crippen molar-refractivity contribution in [1.82, 2.24) is 14.8 Å². The monoisotopic (exact) mass is 339 g/mol. The van der Waals surface area contributed by atoms with Crippen LogP contribution in [-0.4, -0.2) is 26.3 Å². The van der Waals surface area contributed by atoms with Gasteiger partial charge in [-0.3, -0.25) is 4.79 Å². The van der Waals surface area contributed by atoms with Crippen molar-refractivity contribution in [3.63, 3.8) is 0 Å². The molecule has 0 N–H and O–H groups in total. The molecule has 6 heteroatoms. The summed E-state index contributed by atoms with van der Waals surface area (Å²) in [5.74, 6) is 1.91. The molecule has 1 aromatic heterocycles. The summed E-state index contributed by atoms with van der Waals surface area (Å²) < 4.78 is 7.53. The van der Waals surface area contributed by atoms with Gasteiger partial charge in [0.1, 0.15) is 12.4 Å². The summed E-state index contributed by atoms with van der Waals surface area (Å²) in [6, 6.07) is 18.8. The largest absolute Gasteiger partial charge is 0.486 e. The summed E-state index contributed by atoms with van der Waals surface area (Å²) in [6.45, 7) is 0.334. The van der Waals surface area contributed by atoms with Crippen LogP contribution in [0.2, 0.25) is 0 Å². The first-order chi connectivity index (χ1) is 11.7. The van der Waals surface area contributed by atoms with Gasteiger partial charge in [0, 0.05) is 12.6 Å². The first kappa shape index (κ1) is 16.3. The van der Waals surface area contributed by atoms with E-state index >= 15 is 0 Å². The molecule has 122 valence electrons. The summed E-state index contributed by atoms with van der Waals surface area (Å²) >= 11 is 1.38. The predicted molar refractivity (Wildman–Crippen MR) is 93.3 cm³/mol. The fourth-order valence-corrected chi connectivity index (χ4v) is 2.92. The molecular weight excluding hydrogens is 322 g/mol. The number of Topliss-reactive ketones (excluding diaryl/α,β-unsaturated/α-hetero) is 1. The highest BCUT2D eigenvalue weighted by Crippen LogP contribution is 2.18. The van der Waals surface area contributed by atoms with Crippen molar-refractivity contribution < 1.29 is 9.53 Å². The third kappa shape index (κ3) is 4.02. The standard InChI is InChI=1S/C18H17N3O2S/c1-21-17(12-23-15-10-6-3-7-11-15)19-20-18(21)24-13-16(22)14-8-4-2-5-9-14/h2-11H,12-13H2,1H3. The zero-order valence-corrected chi connectivity index (χ0v) is 14.1. The van der Waals surface area contributed by atoms with E-state index < -0.39 is 0 Å². The fraction of sp³-hybridized carbons (Fsp3) is 0.167. The molecule has 0 radical (unpaired) electrons. The van der Waals surface area contributed by atoms with E-state index in [2.05, 4.69) is 10.2 Å². The highest BCUT2D eigenvalue weighted by atomic mass is 32.2. The summed E-state index contributed by atoms with van der Waals surface area (Å²) in [6.07, 6.45) is 0. The summed E-state index contributed by atoms with van der Waals surface area (Å²) in [7, 11) is 1.87. The lowest BCUT2D eigenvalue weighted by Crippen LogP contribution is -2.06. The molecule has 0 aliphatic carbocycles. The highest BCUT2D eigenvalue weighted by Gasteiger charge is 2.12. The Hall–Kier alpha value is -2.60. The van der Waals surface area contributed by atoms with E-state index in [0.717, 1.165) is 5.75 Å². The number of benzene rings is 2. The molecule has 3 rings (SSSR count). The lowest BCUT2D eigenvalue weighted by atomic mass is 10.2. The summed E-state index contributed by atoms with van der Waals surface area (Å²) in [5, 5.41) is 8.97. The summed E-state index contributed by atoms with van der Waals surface area (Å²) in [5.41, 5.74) is 0.708. The molecule has 0 saturated carbocycles. The van der Waals surface area contributed by atoms with Crippen LogP contribution in [0, 0.1) is 0 Å². The maximum atomic E-state index is 12.1. The first-order valence-electron chi connectivity index (χ1n) is 7.51. The Kier molecular flexibility index (Phi) is 5.28. The van der Waals surface area contributed by atoms with Crippen LogP contribution >= 0.6 is 11.8 Å². The lowest BCUT2D eigenvalue weighted by Gasteiger charge is -2.06. The van der Waals surface area contributed by atoms with E-state index in [1.54, 1.807) is 0 Å². The quantitative estimate of drug-likeness (QED) is 0.488. The third-order valence-electron chi connectivity index (χ3n) is 3.46. The van der Waals surface area contributed by atoms with Crippen molar-refractivity contribution in [1.29, 1.82) is 0 Å². The van der Waals surface area contributed by atoms with E-state index in [0.29, 0.717) is 28.9 Å². The normalized spacial score (nSPS) is 10.5. The van der Waals surface area contributed by atoms with E-state index in [-0.39, 0.29) is 5.78 Å². The van der Waals surface area contributed by atoms with Gasteiger partial charge in [-0.2, -0.15) is 0 Å². The SMILES string of the molecule is Cn1c(COc2ccccc2)nnc1SCC(=O)c1ccccc1. The topological polar surface area (TPSA) is 57.0 Å². The second kappa shape index (κ2) is 7.79. The number of ether oxygens (including phenoxy) is 1. The maximum absolute atomic E-state index is 12.1. The van der Waals surface area contributed by atoms with Crippen LogP contribution < -0.4 is 4.74 Å². The van der Waals surface area contributed by atoms with Crippen molar-refractivity contribution in [3.8, 4) is 5.75 Å². The molecule has 0 saturated heterocycles. The van der Waals surface area contributed by atoms with Gasteiger partial charge in [0.25, 0.3) is 0 Å². The molecular formula is C18H17N3O2S. The maximum Gasteiger partial charge on any atom is 0.191 e. The molecule has 0 aliphatic heterocycles. The molecule has 0 atom stereocenters. The fourth-order valence-electron chi connectivity index (χ4n) is 2.10. The number of nitrogens with zero attached hydrogens (tertiary/aromatic N) is 3. The molecule has 24 heavy (non-hydrogen) atoms. The van der Waals surface area contributed by atoms with Crippen molar-refractivity contribution in [3.05, 3.63) is 72.1 Å². The Bertz CT molecular complexity index is 804. The van der Waals surface area contributed by atoms with E-state index in [4.69, 9.17) is 4.74 Å². The van der Waals surface area contributed by atoms with Crippen molar-refractivity contribution >= 4 is 17.5 Å². The molecule has 0 bridgehead atoms. The van der Waals surface area contributed by atoms with Gasteiger partial charge < -0.3 is 9.30 Å². The molecule has 0 spiro atoms. The zero-order valence-electron chi connectivity index (χ0n) is 13.3. The van der Waals surface area contributed by atoms with E-state index in [9.17, 15) is 4.79 Å². The number of thioether (sulfide) groups is 1. The van der Waals surface area contributed by atoms with E-state index in [1.165, 1.54) is 11.8 Å². The van der Waals surface area contributed by atoms with Crippen LogP contribution in [0.3, 0.4) is 0 Å². The highest BCUT2D eigenvalue weighted by molar-refractivity contribution is 7.99. The smallest absolute Gasteiger partial charge is 0.191 e. The molecule has 0 unspecified atom stereocenters. The minimum absolute atomic E-state index is 0.0747. The van der Waals surface area contributed by atoms with Gasteiger partial charge >= 0.3 is 0 Å². The number of aromatic nitrogens is 3. The van der Waals surface area contributed by atoms with Crippen molar-refractivity contribution in [2.24, 2.45) is 7.05 Å². The minimum Gasteiger partial charge on any atom is -0.486 e. The average Bonchev–Trinajstić information content (AvgIpc) is 2.99. The molecule has 5 nitrogen and oxygen atoms in total. The second-order valence-corrected chi connectivity index (χ2v) is 6.08. The minimum atomic E-state index is 0.0747. The zero-order chi connectivity index (χ0) is 16.8. The second-order valence-electron chi connectivity index (χ2n) is 5.14. The Morgan fingerprint density at radius 2 is 1.71 bits per heavy atom. The van der Waals surface area contributed by atoms with Gasteiger partial charge in [0.15, 0.2) is 16.8 Å². The van der Waals surface area contributed by atoms with Crippen LogP contribution in [0.4, 0.5) is 0 Å². The Balaban J connectivity index is 1.58. The van der Waals surface area contributed by atoms with Gasteiger partial charge in [-0.25, -0.2) is 0 Å². The van der Waals surface area contributed by atoms with Crippen LogP contribution in [0.15, 0.2) is 65.8 Å². The van der Waals surface area contributed by atoms with Crippen LogP contribution in [0.25, 0.3) is 0 Å². The molecule has 3 aromatic rings. The van der Waals surface area contributed by atoms with Gasteiger partial charge in [0.05, 0.1) is 5.75 Å². The molecule has 0 aliphatic rings. The molecule has 0 fully saturated rings. The Labute approximate surface area is 144 Å². The third-order valence-corrected chi connectivity index (χ3v) is 4.48. The molecule has 1 heterocycles. The first-order valence-corrected chi connectivity index (χ1v) is 8.50. The number of carbonyl (C=O) groups is 1. The predicted octanol–water partition coefficient (Wildman–Crippen LogP) is 3.37. The number of rotatable bonds is 7. The van der Waals surface area contributed by atoms with Gasteiger partial charge in [-0.15, -0.1) is 10.2 Å². The Morgan fingerprint density at radius 1 is 1.04 bits per heavy atom. The number of carbonyl (C=O) groups excluding carboxylic acids is 1. The van der Waals surface area contributed by atoms with E-state index in [1.807, 2.05) is 72.3 Å². The van der Waals surface area contributed by atoms with Gasteiger partial charge in [0.2, 0.25) is 0 Å². The number of hydrogen-bond donors (Lipinski definition) is 0. The van der Waals surface area contributed by atoms with Crippen molar-refractivity contribution in [2.45, 2.75) is 11.8 Å². The average molecular weight is 339 g/mol. The van der Waals surface area contributed by atoms with Crippen LogP contribution in [0.5, 0.6) is 5.75 Å². The number of ketones is 1. The number of hydrogen-bond acceptors (Lipinski definition) is 5. The van der Waals surface area contributed by atoms with Gasteiger partial charge in [-0.1, -0.05) is 60.3 Å². The lowest BCUT2D eigenvalue weighted by molar-refractivity contribution is 0.102. The van der Waals surface area contributed by atoms with Crippen LogP contribution in [-0.2, 0) is 13.7 Å². The van der Waals surface area contributed by atoms with Crippen molar-refractivity contribution in [2.75, 3.05) is 5.75 Å². The summed E-state index contributed by atoms with van der Waals surface area (Å²) in [4.78, 5) is 12.1. The van der Waals surface area contributed by atoms with Gasteiger partial charge in [-0.05, 0) is 12.1 Å². The number of para-hydroxylation sites is 1. The molecule has 0 amide bonds. The molecule has 2 aromatic carbocycles. The van der Waals surface area contributed by atoms with Crippen LogP contribution in [0.1, 0.15) is 16.2 Å². The Morgan fingerprint density at radius 3 is 2.42 bits per heavy atom.